The summed E-state index contributed by atoms with van der Waals surface area (Å²) in [6.07, 6.45) is 2.45. The van der Waals surface area contributed by atoms with E-state index in [-0.39, 0.29) is 33.1 Å². The van der Waals surface area contributed by atoms with E-state index < -0.39 is 26.0 Å². The molecule has 2 aromatic carbocycles. The Labute approximate surface area is 217 Å². The lowest BCUT2D eigenvalue weighted by atomic mass is 9.94. The monoisotopic (exact) mass is 543 g/mol. The van der Waals surface area contributed by atoms with Gasteiger partial charge in [-0.25, -0.2) is 31.5 Å². The Balaban J connectivity index is 1.42. The molecule has 0 unspecified atom stereocenters. The fourth-order valence-electron chi connectivity index (χ4n) is 4.33. The minimum absolute atomic E-state index is 0.0217. The van der Waals surface area contributed by atoms with Crippen molar-refractivity contribution in [1.82, 2.24) is 14.3 Å². The van der Waals surface area contributed by atoms with Crippen molar-refractivity contribution in [3.05, 3.63) is 72.1 Å². The van der Waals surface area contributed by atoms with Crippen molar-refractivity contribution in [2.75, 3.05) is 23.1 Å². The molecule has 4 rings (SSSR count). The van der Waals surface area contributed by atoms with E-state index in [4.69, 9.17) is 0 Å². The lowest BCUT2D eigenvalue weighted by molar-refractivity contribution is 0.102. The number of rotatable bonds is 7. The Morgan fingerprint density at radius 3 is 2.08 bits per heavy atom. The largest absolute Gasteiger partial charge is 0.322 e. The minimum atomic E-state index is -3.91. The van der Waals surface area contributed by atoms with Gasteiger partial charge in [-0.15, -0.1) is 0 Å². The summed E-state index contributed by atoms with van der Waals surface area (Å²) < 4.78 is 55.1. The number of nitrogens with one attached hydrogen (secondary N) is 2. The molecule has 1 amide bonds. The third-order valence-electron chi connectivity index (χ3n) is 6.03. The van der Waals surface area contributed by atoms with E-state index in [0.29, 0.717) is 24.5 Å². The first-order valence-electron chi connectivity index (χ1n) is 11.8. The van der Waals surface area contributed by atoms with Crippen molar-refractivity contribution in [3.8, 4) is 0 Å². The number of anilines is 2. The molecule has 2 atom stereocenters. The number of sulfonamides is 2. The van der Waals surface area contributed by atoms with E-state index >= 15 is 0 Å². The van der Waals surface area contributed by atoms with Crippen LogP contribution >= 0.6 is 0 Å². The average molecular weight is 544 g/mol. The van der Waals surface area contributed by atoms with Gasteiger partial charge in [0.05, 0.1) is 9.79 Å². The zero-order valence-corrected chi connectivity index (χ0v) is 22.4. The van der Waals surface area contributed by atoms with Crippen molar-refractivity contribution >= 4 is 37.6 Å². The Morgan fingerprint density at radius 1 is 0.892 bits per heavy atom. The second kappa shape index (κ2) is 10.6. The first-order chi connectivity index (χ1) is 17.4. The van der Waals surface area contributed by atoms with Crippen LogP contribution < -0.4 is 10.0 Å². The second-order valence-corrected chi connectivity index (χ2v) is 13.0. The van der Waals surface area contributed by atoms with E-state index in [9.17, 15) is 21.6 Å². The molecule has 0 bridgehead atoms. The lowest BCUT2D eigenvalue weighted by Gasteiger charge is -2.34. The standard InChI is InChI=1S/C25H29N5O5S2/c1-17-14-18(2)16-30(15-17)37(34,35)23-8-4-20(5-9-23)24(31)28-21-6-10-22(11-7-21)36(32,33)29-25-26-13-12-19(3)27-25/h4-13,17-18H,14-16H2,1-3H3,(H,28,31)(H,26,27,29)/t17-,18+. The molecule has 1 aliphatic heterocycles. The molecule has 37 heavy (non-hydrogen) atoms. The van der Waals surface area contributed by atoms with E-state index in [0.717, 1.165) is 6.42 Å². The summed E-state index contributed by atoms with van der Waals surface area (Å²) in [6.45, 7) is 6.77. The maximum absolute atomic E-state index is 13.1. The van der Waals surface area contributed by atoms with Crippen LogP contribution in [0.25, 0.3) is 0 Å². The molecule has 0 spiro atoms. The number of hydrogen-bond donors (Lipinski definition) is 2. The highest BCUT2D eigenvalue weighted by Gasteiger charge is 2.31. The number of piperidine rings is 1. The number of carbonyl (C=O) groups excluding carboxylic acids is 1. The fraction of sp³-hybridized carbons (Fsp3) is 0.320. The van der Waals surface area contributed by atoms with E-state index in [2.05, 4.69) is 20.0 Å². The molecule has 196 valence electrons. The van der Waals surface area contributed by atoms with Crippen LogP contribution in [-0.4, -0.2) is 50.1 Å². The summed E-state index contributed by atoms with van der Waals surface area (Å²) in [7, 11) is -7.55. The Kier molecular flexibility index (Phi) is 7.62. The molecule has 0 radical (unpaired) electrons. The highest BCUT2D eigenvalue weighted by molar-refractivity contribution is 7.92. The number of nitrogens with zero attached hydrogens (tertiary/aromatic N) is 3. The zero-order valence-electron chi connectivity index (χ0n) is 20.7. The molecule has 1 aliphatic rings. The molecule has 1 saturated heterocycles. The van der Waals surface area contributed by atoms with Gasteiger partial charge in [0.2, 0.25) is 16.0 Å². The molecule has 2 heterocycles. The van der Waals surface area contributed by atoms with Gasteiger partial charge in [0, 0.05) is 36.2 Å². The number of amides is 1. The van der Waals surface area contributed by atoms with Crippen molar-refractivity contribution in [2.45, 2.75) is 37.0 Å². The van der Waals surface area contributed by atoms with Crippen LogP contribution in [0.3, 0.4) is 0 Å². The third-order valence-corrected chi connectivity index (χ3v) is 9.22. The predicted molar refractivity (Wildman–Crippen MR) is 140 cm³/mol. The zero-order chi connectivity index (χ0) is 26.8. The smallest absolute Gasteiger partial charge is 0.264 e. The summed E-state index contributed by atoms with van der Waals surface area (Å²) in [5.74, 6) is 0.0893. The van der Waals surface area contributed by atoms with Gasteiger partial charge >= 0.3 is 0 Å². The van der Waals surface area contributed by atoms with Crippen LogP contribution in [0.15, 0.2) is 70.6 Å². The highest BCUT2D eigenvalue weighted by Crippen LogP contribution is 2.27. The molecule has 12 heteroatoms. The highest BCUT2D eigenvalue weighted by atomic mass is 32.2. The van der Waals surface area contributed by atoms with Gasteiger partial charge in [-0.1, -0.05) is 13.8 Å². The van der Waals surface area contributed by atoms with Crippen LogP contribution in [0.2, 0.25) is 0 Å². The molecule has 2 N–H and O–H groups in total. The average Bonchev–Trinajstić information content (AvgIpc) is 2.83. The van der Waals surface area contributed by atoms with Gasteiger partial charge < -0.3 is 5.32 Å². The third kappa shape index (κ3) is 6.32. The second-order valence-electron chi connectivity index (χ2n) is 9.40. The van der Waals surface area contributed by atoms with Crippen LogP contribution in [0.4, 0.5) is 11.6 Å². The van der Waals surface area contributed by atoms with Gasteiger partial charge in [-0.2, -0.15) is 4.31 Å². The predicted octanol–water partition coefficient (Wildman–Crippen LogP) is 3.50. The first kappa shape index (κ1) is 26.7. The van der Waals surface area contributed by atoms with E-state index in [1.807, 2.05) is 13.8 Å². The Morgan fingerprint density at radius 2 is 1.49 bits per heavy atom. The summed E-state index contributed by atoms with van der Waals surface area (Å²) in [5, 5.41) is 2.69. The van der Waals surface area contributed by atoms with Crippen LogP contribution in [-0.2, 0) is 20.0 Å². The van der Waals surface area contributed by atoms with E-state index in [1.54, 1.807) is 13.0 Å². The number of benzene rings is 2. The molecule has 0 saturated carbocycles. The first-order valence-corrected chi connectivity index (χ1v) is 14.7. The van der Waals surface area contributed by atoms with Crippen molar-refractivity contribution in [2.24, 2.45) is 11.8 Å². The molecule has 1 fully saturated rings. The summed E-state index contributed by atoms with van der Waals surface area (Å²) in [5.41, 5.74) is 1.27. The van der Waals surface area contributed by atoms with Crippen LogP contribution in [0, 0.1) is 18.8 Å². The van der Waals surface area contributed by atoms with Gasteiger partial charge in [0.25, 0.3) is 15.9 Å². The minimum Gasteiger partial charge on any atom is -0.322 e. The SMILES string of the molecule is Cc1ccnc(NS(=O)(=O)c2ccc(NC(=O)c3ccc(S(=O)(=O)N4C[C@H](C)C[C@H](C)C4)cc3)cc2)n1. The number of carbonyl (C=O) groups is 1. The normalized spacial score (nSPS) is 18.8. The van der Waals surface area contributed by atoms with Gasteiger partial charge in [-0.3, -0.25) is 4.79 Å². The van der Waals surface area contributed by atoms with Crippen molar-refractivity contribution < 1.29 is 21.6 Å². The lowest BCUT2D eigenvalue weighted by Crippen LogP contribution is -2.42. The Hall–Kier alpha value is -3.35. The number of aromatic nitrogens is 2. The maximum Gasteiger partial charge on any atom is 0.264 e. The van der Waals surface area contributed by atoms with E-state index in [1.165, 1.54) is 59.0 Å². The summed E-state index contributed by atoms with van der Waals surface area (Å²) >= 11 is 0. The van der Waals surface area contributed by atoms with Gasteiger partial charge in [0.1, 0.15) is 0 Å². The fourth-order valence-corrected chi connectivity index (χ4v) is 6.96. The maximum atomic E-state index is 13.1. The molecule has 3 aromatic rings. The topological polar surface area (TPSA) is 138 Å². The van der Waals surface area contributed by atoms with Gasteiger partial charge in [0.15, 0.2) is 0 Å². The van der Waals surface area contributed by atoms with Crippen molar-refractivity contribution in [1.29, 1.82) is 0 Å². The molecular formula is C25H29N5O5S2. The molecule has 10 nitrogen and oxygen atoms in total. The van der Waals surface area contributed by atoms with Gasteiger partial charge in [-0.05, 0) is 79.8 Å². The quantitative estimate of drug-likeness (QED) is 0.465. The summed E-state index contributed by atoms with van der Waals surface area (Å²) in [4.78, 5) is 20.7. The molecular weight excluding hydrogens is 514 g/mol. The molecule has 1 aromatic heterocycles. The summed E-state index contributed by atoms with van der Waals surface area (Å²) in [6, 6.07) is 13.1. The van der Waals surface area contributed by atoms with Crippen LogP contribution in [0.5, 0.6) is 0 Å². The molecule has 0 aliphatic carbocycles. The number of hydrogen-bond acceptors (Lipinski definition) is 7. The van der Waals surface area contributed by atoms with Crippen molar-refractivity contribution in [3.63, 3.8) is 0 Å². The number of aryl methyl sites for hydroxylation is 1. The Bertz CT molecular complexity index is 1480. The van der Waals surface area contributed by atoms with Crippen LogP contribution in [0.1, 0.15) is 36.3 Å².